The Labute approximate surface area is 122 Å². The Bertz CT molecular complexity index is 532. The van der Waals surface area contributed by atoms with Crippen molar-refractivity contribution in [3.63, 3.8) is 0 Å². The van der Waals surface area contributed by atoms with Gasteiger partial charge in [0.2, 0.25) is 10.0 Å². The molecule has 108 valence electrons. The Morgan fingerprint density at radius 3 is 2.53 bits per heavy atom. The van der Waals surface area contributed by atoms with Crippen molar-refractivity contribution < 1.29 is 13.5 Å². The summed E-state index contributed by atoms with van der Waals surface area (Å²) in [6.07, 6.45) is 0.572. The fourth-order valence-corrected chi connectivity index (χ4v) is 4.08. The molecule has 0 amide bonds. The fraction of sp³-hybridized carbons (Fsp3) is 0.500. The molecule has 19 heavy (non-hydrogen) atoms. The molecule has 0 saturated carbocycles. The second-order valence-corrected chi connectivity index (χ2v) is 7.36. The van der Waals surface area contributed by atoms with Crippen molar-refractivity contribution >= 4 is 31.6 Å². The molecule has 1 unspecified atom stereocenters. The van der Waals surface area contributed by atoms with E-state index in [2.05, 4.69) is 20.7 Å². The number of rotatable bonds is 6. The van der Waals surface area contributed by atoms with Crippen molar-refractivity contribution in [3.05, 3.63) is 22.7 Å². The summed E-state index contributed by atoms with van der Waals surface area (Å²) in [4.78, 5) is 0.115. The molecule has 1 aromatic rings. The van der Waals surface area contributed by atoms with Crippen LogP contribution in [0.4, 0.5) is 5.69 Å². The third-order valence-corrected chi connectivity index (χ3v) is 5.04. The summed E-state index contributed by atoms with van der Waals surface area (Å²) < 4.78 is 27.4. The Morgan fingerprint density at radius 2 is 2.05 bits per heavy atom. The maximum atomic E-state index is 12.2. The van der Waals surface area contributed by atoms with E-state index in [1.165, 1.54) is 18.2 Å². The summed E-state index contributed by atoms with van der Waals surface area (Å²) in [5.74, 6) is 0.287. The highest BCUT2D eigenvalue weighted by Crippen LogP contribution is 2.24. The number of nitrogens with one attached hydrogen (secondary N) is 1. The van der Waals surface area contributed by atoms with Crippen LogP contribution < -0.4 is 10.5 Å². The van der Waals surface area contributed by atoms with E-state index >= 15 is 0 Å². The molecule has 7 heteroatoms. The minimum absolute atomic E-state index is 0.115. The van der Waals surface area contributed by atoms with E-state index in [-0.39, 0.29) is 17.4 Å². The van der Waals surface area contributed by atoms with Crippen LogP contribution in [0.2, 0.25) is 0 Å². The van der Waals surface area contributed by atoms with Crippen molar-refractivity contribution in [2.24, 2.45) is 5.92 Å². The number of benzene rings is 1. The van der Waals surface area contributed by atoms with Gasteiger partial charge in [-0.1, -0.05) is 13.8 Å². The Balaban J connectivity index is 2.97. The van der Waals surface area contributed by atoms with Gasteiger partial charge in [0.15, 0.2) is 0 Å². The van der Waals surface area contributed by atoms with Crippen LogP contribution >= 0.6 is 15.9 Å². The summed E-state index contributed by atoms with van der Waals surface area (Å²) in [7, 11) is -3.68. The van der Waals surface area contributed by atoms with Crippen LogP contribution in [0.3, 0.4) is 0 Å². The van der Waals surface area contributed by atoms with Gasteiger partial charge in [-0.2, -0.15) is 0 Å². The number of halogens is 1. The van der Waals surface area contributed by atoms with Gasteiger partial charge in [0.05, 0.1) is 11.5 Å². The van der Waals surface area contributed by atoms with Crippen molar-refractivity contribution in [2.45, 2.75) is 31.2 Å². The molecule has 0 spiro atoms. The normalized spacial score (nSPS) is 13.7. The van der Waals surface area contributed by atoms with E-state index in [9.17, 15) is 13.5 Å². The highest BCUT2D eigenvalue weighted by atomic mass is 79.9. The summed E-state index contributed by atoms with van der Waals surface area (Å²) in [5.41, 5.74) is 6.06. The van der Waals surface area contributed by atoms with Crippen LogP contribution in [0.1, 0.15) is 20.3 Å². The molecule has 0 bridgehead atoms. The van der Waals surface area contributed by atoms with Crippen molar-refractivity contribution in [1.29, 1.82) is 0 Å². The van der Waals surface area contributed by atoms with Gasteiger partial charge in [0.25, 0.3) is 0 Å². The lowest BCUT2D eigenvalue weighted by Gasteiger charge is -2.18. The lowest BCUT2D eigenvalue weighted by Crippen LogP contribution is -2.38. The summed E-state index contributed by atoms with van der Waals surface area (Å²) in [6, 6.07) is 4.00. The van der Waals surface area contributed by atoms with Crippen LogP contribution in [0.15, 0.2) is 27.6 Å². The van der Waals surface area contributed by atoms with Crippen LogP contribution in [0, 0.1) is 5.92 Å². The SMILES string of the molecule is CC(C)CC(CO)NS(=O)(=O)c1ccc(N)cc1Br. The van der Waals surface area contributed by atoms with Gasteiger partial charge in [0.1, 0.15) is 0 Å². The van der Waals surface area contributed by atoms with Crippen LogP contribution in [0.5, 0.6) is 0 Å². The van der Waals surface area contributed by atoms with E-state index in [1.54, 1.807) is 0 Å². The first-order valence-electron chi connectivity index (χ1n) is 5.94. The number of anilines is 1. The molecular formula is C12H19BrN2O3S. The molecular weight excluding hydrogens is 332 g/mol. The zero-order valence-corrected chi connectivity index (χ0v) is 13.3. The standard InChI is InChI=1S/C12H19BrN2O3S/c1-8(2)5-10(7-16)15-19(17,18)12-4-3-9(14)6-11(12)13/h3-4,6,8,10,15-16H,5,7,14H2,1-2H3. The highest BCUT2D eigenvalue weighted by molar-refractivity contribution is 9.10. The predicted molar refractivity (Wildman–Crippen MR) is 79.2 cm³/mol. The number of aliphatic hydroxyl groups excluding tert-OH is 1. The second kappa shape index (κ2) is 6.69. The summed E-state index contributed by atoms with van der Waals surface area (Å²) in [6.45, 7) is 3.70. The van der Waals surface area contributed by atoms with E-state index in [1.807, 2.05) is 13.8 Å². The predicted octanol–water partition coefficient (Wildman–Crippen LogP) is 1.72. The average molecular weight is 351 g/mol. The van der Waals surface area contributed by atoms with Crippen LogP contribution in [-0.4, -0.2) is 26.2 Å². The Hall–Kier alpha value is -0.630. The molecule has 0 aliphatic carbocycles. The smallest absolute Gasteiger partial charge is 0.242 e. The molecule has 0 aromatic heterocycles. The quantitative estimate of drug-likeness (QED) is 0.681. The molecule has 0 heterocycles. The number of aliphatic hydroxyl groups is 1. The second-order valence-electron chi connectivity index (χ2n) is 4.82. The summed E-state index contributed by atoms with van der Waals surface area (Å²) in [5, 5.41) is 9.24. The summed E-state index contributed by atoms with van der Waals surface area (Å²) >= 11 is 3.18. The van der Waals surface area contributed by atoms with E-state index < -0.39 is 16.1 Å². The number of hydrogen-bond donors (Lipinski definition) is 3. The Morgan fingerprint density at radius 1 is 1.42 bits per heavy atom. The molecule has 0 radical (unpaired) electrons. The number of hydrogen-bond acceptors (Lipinski definition) is 4. The molecule has 0 aliphatic rings. The van der Waals surface area contributed by atoms with E-state index in [0.717, 1.165) is 0 Å². The molecule has 0 fully saturated rings. The molecule has 0 aliphatic heterocycles. The highest BCUT2D eigenvalue weighted by Gasteiger charge is 2.22. The van der Waals surface area contributed by atoms with Crippen LogP contribution in [0.25, 0.3) is 0 Å². The third kappa shape index (κ3) is 4.76. The lowest BCUT2D eigenvalue weighted by atomic mass is 10.1. The zero-order valence-electron chi connectivity index (χ0n) is 10.9. The molecule has 4 N–H and O–H groups in total. The molecule has 5 nitrogen and oxygen atoms in total. The minimum Gasteiger partial charge on any atom is -0.399 e. The van der Waals surface area contributed by atoms with Gasteiger partial charge in [-0.05, 0) is 46.5 Å². The van der Waals surface area contributed by atoms with Crippen molar-refractivity contribution in [1.82, 2.24) is 4.72 Å². The average Bonchev–Trinajstić information content (AvgIpc) is 2.26. The molecule has 1 rings (SSSR count). The third-order valence-electron chi connectivity index (χ3n) is 2.54. The maximum absolute atomic E-state index is 12.2. The van der Waals surface area contributed by atoms with Crippen molar-refractivity contribution in [2.75, 3.05) is 12.3 Å². The topological polar surface area (TPSA) is 92.4 Å². The van der Waals surface area contributed by atoms with Gasteiger partial charge in [-0.15, -0.1) is 0 Å². The first kappa shape index (κ1) is 16.4. The molecule has 1 aromatic carbocycles. The maximum Gasteiger partial charge on any atom is 0.242 e. The minimum atomic E-state index is -3.68. The van der Waals surface area contributed by atoms with Gasteiger partial charge in [-0.3, -0.25) is 0 Å². The fourth-order valence-electron chi connectivity index (χ4n) is 1.75. The van der Waals surface area contributed by atoms with Gasteiger partial charge in [0, 0.05) is 16.2 Å². The number of nitrogen functional groups attached to an aromatic ring is 1. The Kier molecular flexibility index (Phi) is 5.79. The zero-order chi connectivity index (χ0) is 14.6. The first-order chi connectivity index (χ1) is 8.76. The van der Waals surface area contributed by atoms with Gasteiger partial charge >= 0.3 is 0 Å². The van der Waals surface area contributed by atoms with Crippen LogP contribution in [-0.2, 0) is 10.0 Å². The number of nitrogens with two attached hydrogens (primary N) is 1. The van der Waals surface area contributed by atoms with Gasteiger partial charge in [-0.25, -0.2) is 13.1 Å². The van der Waals surface area contributed by atoms with E-state index in [4.69, 9.17) is 5.73 Å². The van der Waals surface area contributed by atoms with Gasteiger partial charge < -0.3 is 10.8 Å². The monoisotopic (exact) mass is 350 g/mol. The molecule has 0 saturated heterocycles. The molecule has 1 atom stereocenters. The first-order valence-corrected chi connectivity index (χ1v) is 8.22. The lowest BCUT2D eigenvalue weighted by molar-refractivity contribution is 0.240. The van der Waals surface area contributed by atoms with Crippen molar-refractivity contribution in [3.8, 4) is 0 Å². The largest absolute Gasteiger partial charge is 0.399 e. The van der Waals surface area contributed by atoms with E-state index in [0.29, 0.717) is 16.6 Å². The number of sulfonamides is 1.